The first kappa shape index (κ1) is 23.7. The zero-order valence-corrected chi connectivity index (χ0v) is 20.9. The average molecular weight is 452 g/mol. The monoisotopic (exact) mass is 451 g/mol. The van der Waals surface area contributed by atoms with E-state index < -0.39 is 0 Å². The predicted molar refractivity (Wildman–Crippen MR) is 129 cm³/mol. The summed E-state index contributed by atoms with van der Waals surface area (Å²) in [5, 5.41) is 0. The molecule has 0 bridgehead atoms. The van der Waals surface area contributed by atoms with Gasteiger partial charge in [-0.1, -0.05) is 45.9 Å². The third kappa shape index (κ3) is 4.40. The number of ketones is 2. The third-order valence-electron chi connectivity index (χ3n) is 7.20. The molecular formula is C28H37NO4. The lowest BCUT2D eigenvalue weighted by atomic mass is 9.63. The Morgan fingerprint density at radius 3 is 1.94 bits per heavy atom. The second-order valence-corrected chi connectivity index (χ2v) is 11.3. The molecule has 1 aromatic carbocycles. The molecule has 0 N–H and O–H groups in total. The molecule has 33 heavy (non-hydrogen) atoms. The minimum Gasteiger partial charge on any atom is -0.496 e. The summed E-state index contributed by atoms with van der Waals surface area (Å²) in [5.41, 5.74) is 4.45. The lowest BCUT2D eigenvalue weighted by molar-refractivity contribution is -0.119. The molecule has 2 aliphatic carbocycles. The molecule has 3 aliphatic rings. The maximum atomic E-state index is 13.7. The van der Waals surface area contributed by atoms with E-state index in [-0.39, 0.29) is 28.3 Å². The summed E-state index contributed by atoms with van der Waals surface area (Å²) in [6, 6.07) is 7.84. The minimum absolute atomic E-state index is 0.118. The molecule has 4 rings (SSSR count). The van der Waals surface area contributed by atoms with Crippen molar-refractivity contribution in [2.24, 2.45) is 10.8 Å². The Morgan fingerprint density at radius 2 is 1.42 bits per heavy atom. The van der Waals surface area contributed by atoms with Crippen molar-refractivity contribution in [2.45, 2.75) is 65.7 Å². The molecule has 0 saturated carbocycles. The summed E-state index contributed by atoms with van der Waals surface area (Å²) in [6.07, 6.45) is 3.46. The number of carbonyl (C=O) groups excluding carboxylic acids is 2. The zero-order chi connectivity index (χ0) is 24.0. The number of methoxy groups -OCH3 is 2. The number of nitrogens with zero attached hydrogens (tertiary/aromatic N) is 1. The summed E-state index contributed by atoms with van der Waals surface area (Å²) in [7, 11) is 3.37. The zero-order valence-electron chi connectivity index (χ0n) is 20.9. The minimum atomic E-state index is -0.364. The molecule has 0 atom stereocenters. The number of benzene rings is 1. The van der Waals surface area contributed by atoms with E-state index in [9.17, 15) is 9.59 Å². The maximum absolute atomic E-state index is 13.7. The highest BCUT2D eigenvalue weighted by atomic mass is 16.5. The average Bonchev–Trinajstić information content (AvgIpc) is 2.72. The molecule has 0 radical (unpaired) electrons. The van der Waals surface area contributed by atoms with E-state index >= 15 is 0 Å². The number of hydrogen-bond acceptors (Lipinski definition) is 5. The first-order chi connectivity index (χ1) is 15.6. The Bertz CT molecular complexity index is 976. The Labute approximate surface area is 197 Å². The van der Waals surface area contributed by atoms with E-state index in [2.05, 4.69) is 32.6 Å². The molecule has 1 heterocycles. The van der Waals surface area contributed by atoms with Crippen LogP contribution in [0.2, 0.25) is 0 Å². The van der Waals surface area contributed by atoms with Gasteiger partial charge >= 0.3 is 0 Å². The number of rotatable bonds is 6. The number of allylic oxidation sites excluding steroid dienone is 4. The second-order valence-electron chi connectivity index (χ2n) is 11.3. The molecule has 1 aromatic rings. The van der Waals surface area contributed by atoms with Crippen molar-refractivity contribution in [3.8, 4) is 5.75 Å². The summed E-state index contributed by atoms with van der Waals surface area (Å²) >= 11 is 0. The molecular weight excluding hydrogens is 414 g/mol. The van der Waals surface area contributed by atoms with Crippen molar-refractivity contribution >= 4 is 11.6 Å². The molecule has 5 heteroatoms. The Balaban J connectivity index is 1.97. The van der Waals surface area contributed by atoms with Gasteiger partial charge in [0.1, 0.15) is 5.75 Å². The number of para-hydroxylation sites is 1. The van der Waals surface area contributed by atoms with E-state index in [1.54, 1.807) is 14.2 Å². The summed E-state index contributed by atoms with van der Waals surface area (Å²) < 4.78 is 11.1. The lowest BCUT2D eigenvalue weighted by Crippen LogP contribution is -2.44. The topological polar surface area (TPSA) is 55.8 Å². The molecule has 0 spiro atoms. The van der Waals surface area contributed by atoms with Gasteiger partial charge in [-0.2, -0.15) is 0 Å². The summed E-state index contributed by atoms with van der Waals surface area (Å²) in [6.45, 7) is 10.1. The van der Waals surface area contributed by atoms with Gasteiger partial charge in [0.15, 0.2) is 11.6 Å². The summed E-state index contributed by atoms with van der Waals surface area (Å²) in [5.74, 6) is 0.664. The van der Waals surface area contributed by atoms with Gasteiger partial charge in [0.2, 0.25) is 0 Å². The van der Waals surface area contributed by atoms with Crippen LogP contribution in [0.3, 0.4) is 0 Å². The molecule has 5 nitrogen and oxygen atoms in total. The normalized spacial score (nSPS) is 22.4. The van der Waals surface area contributed by atoms with Crippen LogP contribution in [-0.2, 0) is 14.3 Å². The Kier molecular flexibility index (Phi) is 6.30. The van der Waals surface area contributed by atoms with Crippen molar-refractivity contribution in [1.29, 1.82) is 0 Å². The van der Waals surface area contributed by atoms with E-state index in [1.807, 2.05) is 24.3 Å². The van der Waals surface area contributed by atoms with Crippen LogP contribution in [0.1, 0.15) is 71.3 Å². The molecule has 0 unspecified atom stereocenters. The van der Waals surface area contributed by atoms with Gasteiger partial charge in [-0.05, 0) is 36.2 Å². The molecule has 1 aliphatic heterocycles. The SMILES string of the molecule is COCCCN1C2=C(C(=O)CC(C)(C)C2)C(c2ccccc2OC)C2=C1CC(C)(C)CC2=O. The smallest absolute Gasteiger partial charge is 0.162 e. The van der Waals surface area contributed by atoms with Gasteiger partial charge in [-0.3, -0.25) is 9.59 Å². The number of ether oxygens (including phenoxy) is 2. The first-order valence-electron chi connectivity index (χ1n) is 12.0. The van der Waals surface area contributed by atoms with Crippen molar-refractivity contribution < 1.29 is 19.1 Å². The first-order valence-corrected chi connectivity index (χ1v) is 12.0. The highest BCUT2D eigenvalue weighted by Crippen LogP contribution is 2.55. The Hall–Kier alpha value is -2.40. The van der Waals surface area contributed by atoms with Crippen LogP contribution in [0.4, 0.5) is 0 Å². The number of hydrogen-bond donors (Lipinski definition) is 0. The highest BCUT2D eigenvalue weighted by Gasteiger charge is 2.49. The Morgan fingerprint density at radius 1 is 0.879 bits per heavy atom. The molecule has 0 aromatic heterocycles. The standard InChI is InChI=1S/C28H37NO4/c1-27(2)14-19-25(21(30)16-27)24(18-10-7-8-11-23(18)33-6)26-20(29(19)12-9-13-32-5)15-28(3,4)17-22(26)31/h7-8,10-11,24H,9,12-17H2,1-6H3. The van der Waals surface area contributed by atoms with Crippen LogP contribution in [0.15, 0.2) is 46.8 Å². The van der Waals surface area contributed by atoms with Gasteiger partial charge < -0.3 is 14.4 Å². The van der Waals surface area contributed by atoms with Gasteiger partial charge in [0.25, 0.3) is 0 Å². The van der Waals surface area contributed by atoms with E-state index in [1.165, 1.54) is 0 Å². The van der Waals surface area contributed by atoms with E-state index in [0.717, 1.165) is 59.7 Å². The number of Topliss-reactive ketones (excluding diaryl/α,β-unsaturated/α-hetero) is 2. The number of carbonyl (C=O) groups is 2. The molecule has 0 amide bonds. The predicted octanol–water partition coefficient (Wildman–Crippen LogP) is 5.42. The fourth-order valence-electron chi connectivity index (χ4n) is 5.90. The molecule has 0 fully saturated rings. The van der Waals surface area contributed by atoms with Crippen LogP contribution in [-0.4, -0.2) is 43.8 Å². The van der Waals surface area contributed by atoms with Crippen molar-refractivity contribution in [2.75, 3.05) is 27.4 Å². The summed E-state index contributed by atoms with van der Waals surface area (Å²) in [4.78, 5) is 29.8. The maximum Gasteiger partial charge on any atom is 0.162 e. The van der Waals surface area contributed by atoms with Crippen molar-refractivity contribution in [3.05, 3.63) is 52.4 Å². The fourth-order valence-corrected chi connectivity index (χ4v) is 5.90. The quantitative estimate of drug-likeness (QED) is 0.541. The van der Waals surface area contributed by atoms with Crippen molar-refractivity contribution in [1.82, 2.24) is 4.90 Å². The van der Waals surface area contributed by atoms with E-state index in [0.29, 0.717) is 19.4 Å². The third-order valence-corrected chi connectivity index (χ3v) is 7.20. The van der Waals surface area contributed by atoms with Gasteiger partial charge in [0.05, 0.1) is 7.11 Å². The van der Waals surface area contributed by atoms with Crippen LogP contribution in [0.5, 0.6) is 5.75 Å². The largest absolute Gasteiger partial charge is 0.496 e. The molecule has 0 saturated heterocycles. The van der Waals surface area contributed by atoms with Gasteiger partial charge in [0, 0.05) is 67.1 Å². The highest BCUT2D eigenvalue weighted by molar-refractivity contribution is 6.07. The van der Waals surface area contributed by atoms with Gasteiger partial charge in [-0.15, -0.1) is 0 Å². The van der Waals surface area contributed by atoms with Crippen LogP contribution >= 0.6 is 0 Å². The van der Waals surface area contributed by atoms with Gasteiger partial charge in [-0.25, -0.2) is 0 Å². The fraction of sp³-hybridized carbons (Fsp3) is 0.571. The van der Waals surface area contributed by atoms with Crippen LogP contribution in [0.25, 0.3) is 0 Å². The van der Waals surface area contributed by atoms with E-state index in [4.69, 9.17) is 9.47 Å². The molecule has 178 valence electrons. The van der Waals surface area contributed by atoms with Crippen LogP contribution < -0.4 is 4.74 Å². The second kappa shape index (κ2) is 8.75. The van der Waals surface area contributed by atoms with Crippen molar-refractivity contribution in [3.63, 3.8) is 0 Å². The van der Waals surface area contributed by atoms with Crippen LogP contribution in [0, 0.1) is 10.8 Å². The lowest BCUT2D eigenvalue weighted by Gasteiger charge is -2.49.